The van der Waals surface area contributed by atoms with Crippen molar-refractivity contribution in [3.8, 4) is 11.4 Å². The summed E-state index contributed by atoms with van der Waals surface area (Å²) in [5, 5.41) is 0. The van der Waals surface area contributed by atoms with Crippen molar-refractivity contribution in [3.05, 3.63) is 44.2 Å². The number of pyridine rings is 2. The predicted octanol–water partition coefficient (Wildman–Crippen LogP) is 3.83. The molecule has 26 heavy (non-hydrogen) atoms. The Labute approximate surface area is 158 Å². The van der Waals surface area contributed by atoms with Crippen LogP contribution in [-0.4, -0.2) is 15.5 Å². The van der Waals surface area contributed by atoms with E-state index in [-0.39, 0.29) is 24.5 Å². The molecule has 0 aliphatic carbocycles. The van der Waals surface area contributed by atoms with Crippen LogP contribution < -0.4 is 5.73 Å². The van der Waals surface area contributed by atoms with Crippen molar-refractivity contribution >= 4 is 18.2 Å². The number of nitrogens with zero attached hydrogens (tertiary/aromatic N) is 2. The second-order valence-electron chi connectivity index (χ2n) is 7.28. The highest BCUT2D eigenvalue weighted by molar-refractivity contribution is 7.71. The summed E-state index contributed by atoms with van der Waals surface area (Å²) in [4.78, 5) is 17.1. The highest BCUT2D eigenvalue weighted by Crippen LogP contribution is 2.41. The maximum absolute atomic E-state index is 12.2. The Hall–Kier alpha value is -2.05. The van der Waals surface area contributed by atoms with E-state index in [1.165, 1.54) is 0 Å². The van der Waals surface area contributed by atoms with Gasteiger partial charge in [0.25, 0.3) is 0 Å². The molecule has 0 saturated carbocycles. The molecule has 2 N–H and O–H groups in total. The monoisotopic (exact) mass is 369 g/mol. The number of carbonyl (C=O) groups excluding carboxylic acids is 1. The fourth-order valence-corrected chi connectivity index (χ4v) is 4.63. The minimum absolute atomic E-state index is 0.0724. The van der Waals surface area contributed by atoms with Crippen molar-refractivity contribution in [2.75, 3.05) is 0 Å². The quantitative estimate of drug-likeness (QED) is 0.549. The van der Waals surface area contributed by atoms with Gasteiger partial charge in [0, 0.05) is 22.9 Å². The molecule has 6 heteroatoms. The van der Waals surface area contributed by atoms with E-state index in [1.54, 1.807) is 0 Å². The van der Waals surface area contributed by atoms with E-state index in [4.69, 9.17) is 27.7 Å². The molecule has 0 spiro atoms. The molecular formula is C20H23N3O2S. The molecule has 2 aromatic rings. The number of aromatic nitrogens is 2. The molecule has 2 atom stereocenters. The van der Waals surface area contributed by atoms with Crippen molar-refractivity contribution in [1.29, 1.82) is 0 Å². The standard InChI is InChI=1S/C20H23N3O2S/c1-5-12-13-6-16-18-14(17(10(3)21)9(2)11(4)22-18)7-23(16)19(26)15(13)8-25-20(12)24/h6,10,12H,5,7-8,21H2,1-4H3. The lowest BCUT2D eigenvalue weighted by Gasteiger charge is -2.25. The van der Waals surface area contributed by atoms with Gasteiger partial charge in [-0.2, -0.15) is 0 Å². The Kier molecular flexibility index (Phi) is 4.00. The molecule has 0 bridgehead atoms. The lowest BCUT2D eigenvalue weighted by atomic mass is 9.90. The Bertz CT molecular complexity index is 1010. The SMILES string of the molecule is CCC1C(=O)OCc2c1cc1n(c2=S)Cc2c-1nc(C)c(C)c2C(C)N. The molecule has 0 radical (unpaired) electrons. The summed E-state index contributed by atoms with van der Waals surface area (Å²) in [5.41, 5.74) is 14.6. The van der Waals surface area contributed by atoms with Crippen LogP contribution in [0.3, 0.4) is 0 Å². The third-order valence-electron chi connectivity index (χ3n) is 5.71. The molecule has 0 fully saturated rings. The zero-order valence-corrected chi connectivity index (χ0v) is 16.4. The van der Waals surface area contributed by atoms with E-state index in [0.717, 1.165) is 49.5 Å². The number of nitrogens with two attached hydrogens (primary N) is 1. The third kappa shape index (κ3) is 2.28. The summed E-state index contributed by atoms with van der Waals surface area (Å²) in [6, 6.07) is 2.02. The second kappa shape index (κ2) is 5.99. The Morgan fingerprint density at radius 2 is 2.15 bits per heavy atom. The van der Waals surface area contributed by atoms with E-state index >= 15 is 0 Å². The minimum atomic E-state index is -0.255. The summed E-state index contributed by atoms with van der Waals surface area (Å²) in [5.74, 6) is -0.420. The fraction of sp³-hybridized carbons (Fsp3) is 0.450. The van der Waals surface area contributed by atoms with Gasteiger partial charge in [-0.3, -0.25) is 9.78 Å². The molecule has 0 amide bonds. The number of aryl methyl sites for hydroxylation is 1. The van der Waals surface area contributed by atoms with Crippen LogP contribution in [0, 0.1) is 18.5 Å². The summed E-state index contributed by atoms with van der Waals surface area (Å²) in [7, 11) is 0. The van der Waals surface area contributed by atoms with E-state index in [0.29, 0.717) is 13.0 Å². The van der Waals surface area contributed by atoms with E-state index < -0.39 is 0 Å². The van der Waals surface area contributed by atoms with Gasteiger partial charge in [-0.25, -0.2) is 0 Å². The summed E-state index contributed by atoms with van der Waals surface area (Å²) in [6.45, 7) is 9.03. The maximum Gasteiger partial charge on any atom is 0.313 e. The summed E-state index contributed by atoms with van der Waals surface area (Å²) in [6.07, 6.45) is 0.697. The molecule has 0 aromatic carbocycles. The average Bonchev–Trinajstić information content (AvgIpc) is 2.94. The molecule has 2 aliphatic rings. The molecule has 4 rings (SSSR count). The smallest absolute Gasteiger partial charge is 0.313 e. The third-order valence-corrected chi connectivity index (χ3v) is 6.18. The first kappa shape index (κ1) is 17.4. The van der Waals surface area contributed by atoms with Crippen LogP contribution in [0.25, 0.3) is 11.4 Å². The maximum atomic E-state index is 12.2. The lowest BCUT2D eigenvalue weighted by molar-refractivity contribution is -0.148. The Balaban J connectivity index is 2.01. The first-order chi connectivity index (χ1) is 12.3. The molecular weight excluding hydrogens is 346 g/mol. The number of cyclic esters (lactones) is 1. The number of fused-ring (bicyclic) bond motifs is 4. The number of ether oxygens (including phenoxy) is 1. The Morgan fingerprint density at radius 1 is 1.42 bits per heavy atom. The zero-order chi connectivity index (χ0) is 18.7. The molecule has 2 unspecified atom stereocenters. The van der Waals surface area contributed by atoms with Crippen LogP contribution in [0.1, 0.15) is 65.7 Å². The Morgan fingerprint density at radius 3 is 2.81 bits per heavy atom. The van der Waals surface area contributed by atoms with E-state index in [9.17, 15) is 4.79 Å². The van der Waals surface area contributed by atoms with E-state index in [1.807, 2.05) is 20.8 Å². The van der Waals surface area contributed by atoms with Crippen molar-refractivity contribution in [2.24, 2.45) is 5.73 Å². The van der Waals surface area contributed by atoms with Crippen molar-refractivity contribution < 1.29 is 9.53 Å². The van der Waals surface area contributed by atoms with Gasteiger partial charge in [0.15, 0.2) is 0 Å². The van der Waals surface area contributed by atoms with Crippen molar-refractivity contribution in [1.82, 2.24) is 9.55 Å². The van der Waals surface area contributed by atoms with Gasteiger partial charge in [-0.05, 0) is 49.9 Å². The van der Waals surface area contributed by atoms with Gasteiger partial charge in [0.1, 0.15) is 11.2 Å². The van der Waals surface area contributed by atoms with Gasteiger partial charge < -0.3 is 15.0 Å². The largest absolute Gasteiger partial charge is 0.460 e. The molecule has 4 heterocycles. The minimum Gasteiger partial charge on any atom is -0.460 e. The van der Waals surface area contributed by atoms with Crippen LogP contribution in [0.5, 0.6) is 0 Å². The van der Waals surface area contributed by atoms with Crippen molar-refractivity contribution in [3.63, 3.8) is 0 Å². The number of hydrogen-bond acceptors (Lipinski definition) is 5. The summed E-state index contributed by atoms with van der Waals surface area (Å²) < 4.78 is 8.23. The van der Waals surface area contributed by atoms with Gasteiger partial charge in [-0.1, -0.05) is 19.1 Å². The first-order valence-corrected chi connectivity index (χ1v) is 9.45. The van der Waals surface area contributed by atoms with Crippen molar-refractivity contribution in [2.45, 2.75) is 59.2 Å². The van der Waals surface area contributed by atoms with Gasteiger partial charge in [0.2, 0.25) is 0 Å². The van der Waals surface area contributed by atoms with Crippen LogP contribution >= 0.6 is 12.2 Å². The molecule has 0 saturated heterocycles. The van der Waals surface area contributed by atoms with E-state index in [2.05, 4.69) is 17.6 Å². The van der Waals surface area contributed by atoms with Crippen LogP contribution in [-0.2, 0) is 22.7 Å². The zero-order valence-electron chi connectivity index (χ0n) is 15.5. The van der Waals surface area contributed by atoms with Crippen LogP contribution in [0.4, 0.5) is 0 Å². The predicted molar refractivity (Wildman–Crippen MR) is 103 cm³/mol. The van der Waals surface area contributed by atoms with Gasteiger partial charge in [-0.15, -0.1) is 0 Å². The van der Waals surface area contributed by atoms with Gasteiger partial charge >= 0.3 is 5.97 Å². The molecule has 2 aliphatic heterocycles. The van der Waals surface area contributed by atoms with Crippen LogP contribution in [0.15, 0.2) is 6.07 Å². The molecule has 2 aromatic heterocycles. The first-order valence-electron chi connectivity index (χ1n) is 9.04. The fourth-order valence-electron chi connectivity index (χ4n) is 4.29. The second-order valence-corrected chi connectivity index (χ2v) is 7.66. The van der Waals surface area contributed by atoms with Gasteiger partial charge in [0.05, 0.1) is 23.9 Å². The molecule has 5 nitrogen and oxygen atoms in total. The highest BCUT2D eigenvalue weighted by atomic mass is 32.1. The normalized spacial score (nSPS) is 18.8. The number of esters is 1. The number of rotatable bonds is 2. The molecule has 136 valence electrons. The topological polar surface area (TPSA) is 70.1 Å². The average molecular weight is 369 g/mol. The van der Waals surface area contributed by atoms with Crippen LogP contribution in [0.2, 0.25) is 0 Å². The number of hydrogen-bond donors (Lipinski definition) is 1. The summed E-state index contributed by atoms with van der Waals surface area (Å²) >= 11 is 5.78. The number of carbonyl (C=O) groups is 1. The lowest BCUT2D eigenvalue weighted by Crippen LogP contribution is -2.24. The highest BCUT2D eigenvalue weighted by Gasteiger charge is 2.34.